The first-order valence-electron chi connectivity index (χ1n) is 5.90. The molecule has 0 heterocycles. The van der Waals surface area contributed by atoms with Crippen molar-refractivity contribution in [2.75, 3.05) is 6.26 Å². The molecule has 0 unspecified atom stereocenters. The Bertz CT molecular complexity index is 200. The first kappa shape index (κ1) is 13.5. The van der Waals surface area contributed by atoms with Gasteiger partial charge in [-0.25, -0.2) is 0 Å². The minimum atomic E-state index is -0.229. The summed E-state index contributed by atoms with van der Waals surface area (Å²) in [6, 6.07) is 0. The Morgan fingerprint density at radius 1 is 1.40 bits per heavy atom. The van der Waals surface area contributed by atoms with Crippen LogP contribution >= 0.6 is 24.0 Å². The molecule has 1 aliphatic rings. The van der Waals surface area contributed by atoms with Crippen LogP contribution in [0.15, 0.2) is 0 Å². The van der Waals surface area contributed by atoms with Gasteiger partial charge < -0.3 is 5.11 Å². The fraction of sp³-hybridized carbons (Fsp3) is 0.917. The molecule has 0 aliphatic heterocycles. The van der Waals surface area contributed by atoms with E-state index in [1.807, 2.05) is 6.26 Å². The van der Waals surface area contributed by atoms with Crippen LogP contribution in [0.1, 0.15) is 45.4 Å². The number of aliphatic hydroxyl groups is 1. The van der Waals surface area contributed by atoms with E-state index >= 15 is 0 Å². The Kier molecular flexibility index (Phi) is 6.17. The highest BCUT2D eigenvalue weighted by molar-refractivity contribution is 8.22. The lowest BCUT2D eigenvalue weighted by atomic mass is 9.78. The third kappa shape index (κ3) is 4.41. The molecule has 3 heteroatoms. The molecule has 0 amide bonds. The van der Waals surface area contributed by atoms with Gasteiger partial charge in [0.15, 0.2) is 0 Å². The summed E-state index contributed by atoms with van der Waals surface area (Å²) in [7, 11) is 0. The number of hydrogen-bond donors (Lipinski definition) is 1. The average Bonchev–Trinajstić information content (AvgIpc) is 2.29. The molecule has 2 atom stereocenters. The molecular weight excluding hydrogens is 224 g/mol. The summed E-state index contributed by atoms with van der Waals surface area (Å²) >= 11 is 6.74. The molecule has 1 saturated carbocycles. The van der Waals surface area contributed by atoms with Crippen LogP contribution in [0.4, 0.5) is 0 Å². The Balaban J connectivity index is 2.36. The smallest absolute Gasteiger partial charge is 0.0622 e. The topological polar surface area (TPSA) is 20.2 Å². The molecule has 0 aromatic carbocycles. The molecular formula is C12H22OS2. The van der Waals surface area contributed by atoms with Crippen molar-refractivity contribution in [3.05, 3.63) is 0 Å². The van der Waals surface area contributed by atoms with Crippen molar-refractivity contribution in [2.45, 2.75) is 51.6 Å². The van der Waals surface area contributed by atoms with E-state index in [9.17, 15) is 5.11 Å². The van der Waals surface area contributed by atoms with Crippen LogP contribution in [0.5, 0.6) is 0 Å². The maximum atomic E-state index is 10.1. The molecule has 1 fully saturated rings. The van der Waals surface area contributed by atoms with Crippen LogP contribution in [0.25, 0.3) is 0 Å². The molecule has 0 saturated heterocycles. The number of hydrogen-bond acceptors (Lipinski definition) is 3. The number of aliphatic hydroxyl groups excluding tert-OH is 1. The summed E-state index contributed by atoms with van der Waals surface area (Å²) in [5.74, 6) is 1.13. The predicted molar refractivity (Wildman–Crippen MR) is 72.5 cm³/mol. The Hall–Kier alpha value is 0.400. The molecule has 15 heavy (non-hydrogen) atoms. The fourth-order valence-corrected chi connectivity index (χ4v) is 2.92. The van der Waals surface area contributed by atoms with Crippen LogP contribution in [0.3, 0.4) is 0 Å². The second-order valence-corrected chi connectivity index (χ2v) is 6.26. The van der Waals surface area contributed by atoms with Gasteiger partial charge in [-0.15, -0.1) is 11.8 Å². The zero-order valence-corrected chi connectivity index (χ0v) is 11.4. The highest BCUT2D eigenvalue weighted by Crippen LogP contribution is 2.32. The van der Waals surface area contributed by atoms with Crippen LogP contribution < -0.4 is 0 Å². The maximum absolute atomic E-state index is 10.1. The second-order valence-electron chi connectivity index (χ2n) is 4.60. The molecule has 0 aromatic rings. The first-order chi connectivity index (χ1) is 7.15. The predicted octanol–water partition coefficient (Wildman–Crippen LogP) is 3.64. The van der Waals surface area contributed by atoms with Crippen molar-refractivity contribution in [3.8, 4) is 0 Å². The Labute approximate surface area is 103 Å². The van der Waals surface area contributed by atoms with E-state index in [4.69, 9.17) is 12.2 Å². The lowest BCUT2D eigenvalue weighted by molar-refractivity contribution is 0.0754. The molecule has 0 spiro atoms. The van der Waals surface area contributed by atoms with Crippen LogP contribution in [-0.2, 0) is 0 Å². The summed E-state index contributed by atoms with van der Waals surface area (Å²) in [5.41, 5.74) is 0. The minimum absolute atomic E-state index is 0.229. The third-order valence-corrected chi connectivity index (χ3v) is 4.89. The normalized spacial score (nSPS) is 22.3. The van der Waals surface area contributed by atoms with E-state index in [1.54, 1.807) is 11.8 Å². The van der Waals surface area contributed by atoms with E-state index in [2.05, 4.69) is 6.92 Å². The van der Waals surface area contributed by atoms with Gasteiger partial charge in [0.25, 0.3) is 0 Å². The quantitative estimate of drug-likeness (QED) is 0.765. The minimum Gasteiger partial charge on any atom is -0.392 e. The van der Waals surface area contributed by atoms with E-state index < -0.39 is 0 Å². The third-order valence-electron chi connectivity index (χ3n) is 3.60. The zero-order valence-electron chi connectivity index (χ0n) is 9.74. The van der Waals surface area contributed by atoms with Crippen LogP contribution in [-0.4, -0.2) is 21.7 Å². The van der Waals surface area contributed by atoms with Gasteiger partial charge in [-0.1, -0.05) is 51.2 Å². The SMILES string of the molecule is CSC(=S)C[C@H](O)[C@H](C)C1CCCCC1. The van der Waals surface area contributed by atoms with Gasteiger partial charge in [0.2, 0.25) is 0 Å². The van der Waals surface area contributed by atoms with Gasteiger partial charge in [-0.05, 0) is 18.1 Å². The van der Waals surface area contributed by atoms with Gasteiger partial charge in [0.05, 0.1) is 10.3 Å². The van der Waals surface area contributed by atoms with Crippen molar-refractivity contribution >= 4 is 28.2 Å². The van der Waals surface area contributed by atoms with Gasteiger partial charge in [0.1, 0.15) is 0 Å². The number of thiocarbonyl (C=S) groups is 1. The largest absolute Gasteiger partial charge is 0.392 e. The lowest BCUT2D eigenvalue weighted by Crippen LogP contribution is -2.28. The number of thioether (sulfide) groups is 1. The summed E-state index contributed by atoms with van der Waals surface area (Å²) < 4.78 is 0.935. The van der Waals surface area contributed by atoms with Crippen molar-refractivity contribution in [1.29, 1.82) is 0 Å². The maximum Gasteiger partial charge on any atom is 0.0622 e. The van der Waals surface area contributed by atoms with Crippen molar-refractivity contribution < 1.29 is 5.11 Å². The summed E-state index contributed by atoms with van der Waals surface area (Å²) in [4.78, 5) is 0. The zero-order chi connectivity index (χ0) is 11.3. The van der Waals surface area contributed by atoms with E-state index in [-0.39, 0.29) is 6.10 Å². The molecule has 0 aromatic heterocycles. The second kappa shape index (κ2) is 6.87. The molecule has 1 aliphatic carbocycles. The van der Waals surface area contributed by atoms with Gasteiger partial charge in [-0.2, -0.15) is 0 Å². The molecule has 1 nitrogen and oxygen atoms in total. The molecule has 0 radical (unpaired) electrons. The first-order valence-corrected chi connectivity index (χ1v) is 7.53. The van der Waals surface area contributed by atoms with E-state index in [0.717, 1.165) is 10.1 Å². The summed E-state index contributed by atoms with van der Waals surface area (Å²) in [6.07, 6.45) is 9.10. The Morgan fingerprint density at radius 2 is 2.00 bits per heavy atom. The molecule has 0 bridgehead atoms. The highest BCUT2D eigenvalue weighted by atomic mass is 32.2. The summed E-state index contributed by atoms with van der Waals surface area (Å²) in [6.45, 7) is 2.18. The Morgan fingerprint density at radius 3 is 2.53 bits per heavy atom. The number of rotatable bonds is 4. The van der Waals surface area contributed by atoms with Crippen LogP contribution in [0, 0.1) is 11.8 Å². The van der Waals surface area contributed by atoms with Crippen molar-refractivity contribution in [3.63, 3.8) is 0 Å². The molecule has 88 valence electrons. The average molecular weight is 246 g/mol. The fourth-order valence-electron chi connectivity index (χ4n) is 2.41. The van der Waals surface area contributed by atoms with Crippen molar-refractivity contribution in [2.24, 2.45) is 11.8 Å². The summed E-state index contributed by atoms with van der Waals surface area (Å²) in [5, 5.41) is 10.1. The van der Waals surface area contributed by atoms with Crippen LogP contribution in [0.2, 0.25) is 0 Å². The lowest BCUT2D eigenvalue weighted by Gasteiger charge is -2.30. The van der Waals surface area contributed by atoms with Gasteiger partial charge >= 0.3 is 0 Å². The van der Waals surface area contributed by atoms with E-state index in [0.29, 0.717) is 12.3 Å². The highest BCUT2D eigenvalue weighted by Gasteiger charge is 2.26. The van der Waals surface area contributed by atoms with Gasteiger partial charge in [0, 0.05) is 6.42 Å². The van der Waals surface area contributed by atoms with E-state index in [1.165, 1.54) is 32.1 Å². The molecule has 1 rings (SSSR count). The standard InChI is InChI=1S/C12H22OS2/c1-9(10-6-4-3-5-7-10)11(13)8-12(14)15-2/h9-11,13H,3-8H2,1-2H3/t9-,11+/m1/s1. The van der Waals surface area contributed by atoms with Crippen molar-refractivity contribution in [1.82, 2.24) is 0 Å². The monoisotopic (exact) mass is 246 g/mol. The molecule has 1 N–H and O–H groups in total. The van der Waals surface area contributed by atoms with Gasteiger partial charge in [-0.3, -0.25) is 0 Å².